The number of hydrogen-bond acceptors (Lipinski definition) is 3. The van der Waals surface area contributed by atoms with Gasteiger partial charge in [0.1, 0.15) is 5.82 Å². The van der Waals surface area contributed by atoms with E-state index < -0.39 is 0 Å². The highest BCUT2D eigenvalue weighted by molar-refractivity contribution is 5.93. The van der Waals surface area contributed by atoms with Gasteiger partial charge in [-0.2, -0.15) is 0 Å². The highest BCUT2D eigenvalue weighted by Crippen LogP contribution is 2.15. The molecule has 22 heavy (non-hydrogen) atoms. The van der Waals surface area contributed by atoms with Crippen LogP contribution >= 0.6 is 0 Å². The van der Waals surface area contributed by atoms with Crippen molar-refractivity contribution in [1.29, 1.82) is 0 Å². The molecule has 112 valence electrons. The fourth-order valence-corrected chi connectivity index (χ4v) is 2.43. The summed E-state index contributed by atoms with van der Waals surface area (Å²) in [5.74, 6) is 0.562. The number of aryl methyl sites for hydroxylation is 1. The molecular weight excluding hydrogens is 280 g/mol. The van der Waals surface area contributed by atoms with Crippen molar-refractivity contribution in [1.82, 2.24) is 19.9 Å². The first-order chi connectivity index (χ1) is 10.7. The minimum Gasteiger partial charge on any atom is -0.345 e. The normalized spacial score (nSPS) is 10.8. The number of hydrogen-bond donors (Lipinski definition) is 2. The summed E-state index contributed by atoms with van der Waals surface area (Å²) in [5.41, 5.74) is 2.15. The molecule has 1 aromatic carbocycles. The first kappa shape index (κ1) is 14.1. The van der Waals surface area contributed by atoms with Crippen LogP contribution in [0.5, 0.6) is 0 Å². The summed E-state index contributed by atoms with van der Waals surface area (Å²) in [6.45, 7) is 3.16. The van der Waals surface area contributed by atoms with Crippen LogP contribution in [0.1, 0.15) is 23.1 Å². The molecule has 0 radical (unpaired) electrons. The molecule has 2 aromatic heterocycles. The van der Waals surface area contributed by atoms with E-state index >= 15 is 0 Å². The molecule has 6 heteroatoms. The molecule has 2 heterocycles. The molecule has 0 aliphatic rings. The minimum atomic E-state index is -0.244. The molecule has 3 rings (SSSR count). The molecule has 6 nitrogen and oxygen atoms in total. The van der Waals surface area contributed by atoms with E-state index in [-0.39, 0.29) is 11.5 Å². The number of carbonyl (C=O) groups is 1. The number of fused-ring (bicyclic) bond motifs is 1. The molecule has 0 bridgehead atoms. The van der Waals surface area contributed by atoms with Crippen LogP contribution in [-0.4, -0.2) is 20.4 Å². The number of aromatic amines is 1. The highest BCUT2D eigenvalue weighted by atomic mass is 16.1. The minimum absolute atomic E-state index is 0.232. The fourth-order valence-electron chi connectivity index (χ4n) is 2.43. The van der Waals surface area contributed by atoms with Crippen LogP contribution in [-0.2, 0) is 13.1 Å². The van der Waals surface area contributed by atoms with Gasteiger partial charge in [0.2, 0.25) is 5.56 Å². The molecule has 1 amide bonds. The average Bonchev–Trinajstić information content (AvgIpc) is 2.90. The molecular formula is C16H16N4O2. The third kappa shape index (κ3) is 2.63. The van der Waals surface area contributed by atoms with Gasteiger partial charge in [0.15, 0.2) is 0 Å². The Morgan fingerprint density at radius 2 is 2.09 bits per heavy atom. The van der Waals surface area contributed by atoms with Crippen molar-refractivity contribution >= 4 is 16.9 Å². The van der Waals surface area contributed by atoms with E-state index in [9.17, 15) is 9.59 Å². The van der Waals surface area contributed by atoms with Gasteiger partial charge in [-0.1, -0.05) is 12.1 Å². The number of benzene rings is 1. The van der Waals surface area contributed by atoms with E-state index in [1.807, 2.05) is 31.2 Å². The fraction of sp³-hybridized carbons (Fsp3) is 0.188. The number of imidazole rings is 1. The number of para-hydroxylation sites is 2. The van der Waals surface area contributed by atoms with E-state index in [0.717, 1.165) is 23.4 Å². The molecule has 2 N–H and O–H groups in total. The second-order valence-electron chi connectivity index (χ2n) is 4.89. The molecule has 0 aliphatic carbocycles. The van der Waals surface area contributed by atoms with Crippen LogP contribution in [0.2, 0.25) is 0 Å². The van der Waals surface area contributed by atoms with Crippen LogP contribution in [0, 0.1) is 0 Å². The number of pyridine rings is 1. The molecule has 0 fully saturated rings. The molecule has 0 atom stereocenters. The second-order valence-corrected chi connectivity index (χ2v) is 4.89. The molecule has 0 aliphatic heterocycles. The number of rotatable bonds is 4. The smallest absolute Gasteiger partial charge is 0.253 e. The Kier molecular flexibility index (Phi) is 3.74. The van der Waals surface area contributed by atoms with E-state index in [0.29, 0.717) is 12.1 Å². The lowest BCUT2D eigenvalue weighted by molar-refractivity contribution is 0.0949. The first-order valence-corrected chi connectivity index (χ1v) is 7.10. The maximum Gasteiger partial charge on any atom is 0.253 e. The van der Waals surface area contributed by atoms with Gasteiger partial charge in [-0.15, -0.1) is 0 Å². The van der Waals surface area contributed by atoms with Gasteiger partial charge < -0.3 is 14.9 Å². The molecule has 3 aromatic rings. The van der Waals surface area contributed by atoms with E-state index in [1.54, 1.807) is 0 Å². The van der Waals surface area contributed by atoms with Gasteiger partial charge in [-0.05, 0) is 25.1 Å². The Morgan fingerprint density at radius 1 is 1.27 bits per heavy atom. The Bertz CT molecular complexity index is 859. The summed E-state index contributed by atoms with van der Waals surface area (Å²) in [6, 6.07) is 10.7. The van der Waals surface area contributed by atoms with Gasteiger partial charge in [-0.25, -0.2) is 4.98 Å². The van der Waals surface area contributed by atoms with E-state index in [2.05, 4.69) is 19.9 Å². The van der Waals surface area contributed by atoms with E-state index in [4.69, 9.17) is 0 Å². The van der Waals surface area contributed by atoms with Crippen LogP contribution in [0.15, 0.2) is 47.4 Å². The number of nitrogens with one attached hydrogen (secondary N) is 2. The predicted octanol–water partition coefficient (Wildman–Crippen LogP) is 1.67. The monoisotopic (exact) mass is 296 g/mol. The van der Waals surface area contributed by atoms with Crippen molar-refractivity contribution in [3.8, 4) is 0 Å². The van der Waals surface area contributed by atoms with Crippen LogP contribution in [0.4, 0.5) is 0 Å². The number of carbonyl (C=O) groups excluding carboxylic acids is 1. The summed E-state index contributed by atoms with van der Waals surface area (Å²) in [4.78, 5) is 30.1. The molecule has 0 unspecified atom stereocenters. The summed E-state index contributed by atoms with van der Waals surface area (Å²) in [6.07, 6.45) is 1.40. The Morgan fingerprint density at radius 3 is 2.82 bits per heavy atom. The van der Waals surface area contributed by atoms with Crippen LogP contribution < -0.4 is 10.9 Å². The van der Waals surface area contributed by atoms with Crippen molar-refractivity contribution < 1.29 is 4.79 Å². The van der Waals surface area contributed by atoms with Crippen LogP contribution in [0.3, 0.4) is 0 Å². The van der Waals surface area contributed by atoms with Crippen LogP contribution in [0.25, 0.3) is 11.0 Å². The first-order valence-electron chi connectivity index (χ1n) is 7.10. The summed E-state index contributed by atoms with van der Waals surface area (Å²) in [7, 11) is 0. The maximum absolute atomic E-state index is 12.1. The summed E-state index contributed by atoms with van der Waals surface area (Å²) < 4.78 is 2.07. The zero-order chi connectivity index (χ0) is 15.5. The lowest BCUT2D eigenvalue weighted by Crippen LogP contribution is -2.25. The van der Waals surface area contributed by atoms with Gasteiger partial charge in [0, 0.05) is 18.8 Å². The predicted molar refractivity (Wildman–Crippen MR) is 83.6 cm³/mol. The standard InChI is InChI=1S/C16H16N4O2/c1-2-20-13-6-4-3-5-12(13)19-14(20)10-18-16(22)11-7-8-15(21)17-9-11/h3-9H,2,10H2,1H3,(H,17,21)(H,18,22). The van der Waals surface area contributed by atoms with Crippen molar-refractivity contribution in [2.45, 2.75) is 20.0 Å². The number of aromatic nitrogens is 3. The quantitative estimate of drug-likeness (QED) is 0.768. The number of H-pyrrole nitrogens is 1. The van der Waals surface area contributed by atoms with Gasteiger partial charge in [0.25, 0.3) is 5.91 Å². The number of amides is 1. The summed E-state index contributed by atoms with van der Waals surface area (Å²) >= 11 is 0. The van der Waals surface area contributed by atoms with Crippen molar-refractivity contribution in [3.63, 3.8) is 0 Å². The lowest BCUT2D eigenvalue weighted by Gasteiger charge is -2.07. The number of nitrogens with zero attached hydrogens (tertiary/aromatic N) is 2. The maximum atomic E-state index is 12.1. The SMILES string of the molecule is CCn1c(CNC(=O)c2ccc(=O)[nH]c2)nc2ccccc21. The topological polar surface area (TPSA) is 79.8 Å². The Balaban J connectivity index is 1.80. The molecule has 0 spiro atoms. The Hall–Kier alpha value is -2.89. The lowest BCUT2D eigenvalue weighted by atomic mass is 10.2. The van der Waals surface area contributed by atoms with Gasteiger partial charge in [-0.3, -0.25) is 9.59 Å². The molecule has 0 saturated carbocycles. The molecule has 0 saturated heterocycles. The zero-order valence-corrected chi connectivity index (χ0v) is 12.2. The zero-order valence-electron chi connectivity index (χ0n) is 12.2. The second kappa shape index (κ2) is 5.85. The average molecular weight is 296 g/mol. The van der Waals surface area contributed by atoms with Gasteiger partial charge in [0.05, 0.1) is 23.1 Å². The van der Waals surface area contributed by atoms with Gasteiger partial charge >= 0.3 is 0 Å². The van der Waals surface area contributed by atoms with Crippen molar-refractivity contribution in [2.24, 2.45) is 0 Å². The third-order valence-corrected chi connectivity index (χ3v) is 3.50. The van der Waals surface area contributed by atoms with Crippen molar-refractivity contribution in [2.75, 3.05) is 0 Å². The van der Waals surface area contributed by atoms with Crippen molar-refractivity contribution in [3.05, 3.63) is 64.3 Å². The summed E-state index contributed by atoms with van der Waals surface area (Å²) in [5, 5.41) is 2.83. The highest BCUT2D eigenvalue weighted by Gasteiger charge is 2.11. The van der Waals surface area contributed by atoms with E-state index in [1.165, 1.54) is 18.3 Å². The Labute approximate surface area is 126 Å². The third-order valence-electron chi connectivity index (χ3n) is 3.50. The largest absolute Gasteiger partial charge is 0.345 e.